The van der Waals surface area contributed by atoms with Crippen molar-refractivity contribution in [1.29, 1.82) is 0 Å². The molecule has 0 fully saturated rings. The Balaban J connectivity index is 2.76. The lowest BCUT2D eigenvalue weighted by molar-refractivity contribution is 0.366. The van der Waals surface area contributed by atoms with E-state index in [4.69, 9.17) is 5.73 Å². The van der Waals surface area contributed by atoms with E-state index in [9.17, 15) is 0 Å². The molecule has 2 rings (SSSR count). The van der Waals surface area contributed by atoms with E-state index in [2.05, 4.69) is 30.9 Å². The van der Waals surface area contributed by atoms with Gasteiger partial charge in [0, 0.05) is 11.9 Å². The zero-order chi connectivity index (χ0) is 10.3. The molecular formula is C10H14N4. The predicted molar refractivity (Wildman–Crippen MR) is 56.9 cm³/mol. The van der Waals surface area contributed by atoms with Gasteiger partial charge in [-0.1, -0.05) is 0 Å². The Kier molecular flexibility index (Phi) is 1.74. The highest BCUT2D eigenvalue weighted by atomic mass is 15.3. The van der Waals surface area contributed by atoms with Gasteiger partial charge in [-0.15, -0.1) is 0 Å². The molecule has 0 aromatic carbocycles. The number of rotatable bonds is 0. The molecule has 0 aliphatic heterocycles. The standard InChI is InChI=1S/C10H14N4/c1-10(2,3)14-9-7(6-13-14)8(11)4-5-12-9/h4-6H,1-3H3,(H2,11,12). The highest BCUT2D eigenvalue weighted by Crippen LogP contribution is 2.23. The van der Waals surface area contributed by atoms with Crippen LogP contribution in [0.1, 0.15) is 20.8 Å². The highest BCUT2D eigenvalue weighted by molar-refractivity contribution is 5.87. The van der Waals surface area contributed by atoms with Crippen LogP contribution < -0.4 is 5.73 Å². The van der Waals surface area contributed by atoms with Crippen molar-refractivity contribution in [3.05, 3.63) is 18.5 Å². The number of nitrogens with zero attached hydrogens (tertiary/aromatic N) is 3. The fourth-order valence-corrected chi connectivity index (χ4v) is 1.44. The number of aromatic nitrogens is 3. The zero-order valence-corrected chi connectivity index (χ0v) is 8.65. The van der Waals surface area contributed by atoms with Gasteiger partial charge in [-0.05, 0) is 26.8 Å². The van der Waals surface area contributed by atoms with Gasteiger partial charge in [0.05, 0.1) is 17.1 Å². The van der Waals surface area contributed by atoms with E-state index >= 15 is 0 Å². The van der Waals surface area contributed by atoms with Crippen molar-refractivity contribution in [3.63, 3.8) is 0 Å². The van der Waals surface area contributed by atoms with Crippen molar-refractivity contribution in [2.24, 2.45) is 0 Å². The van der Waals surface area contributed by atoms with E-state index in [-0.39, 0.29) is 5.54 Å². The number of nitrogens with two attached hydrogens (primary N) is 1. The van der Waals surface area contributed by atoms with Gasteiger partial charge in [0.15, 0.2) is 5.65 Å². The third kappa shape index (κ3) is 1.23. The summed E-state index contributed by atoms with van der Waals surface area (Å²) in [5.41, 5.74) is 7.32. The van der Waals surface area contributed by atoms with Gasteiger partial charge in [0.25, 0.3) is 0 Å². The number of anilines is 1. The van der Waals surface area contributed by atoms with Crippen molar-refractivity contribution >= 4 is 16.7 Å². The van der Waals surface area contributed by atoms with Crippen LogP contribution in [0.15, 0.2) is 18.5 Å². The van der Waals surface area contributed by atoms with E-state index in [1.807, 2.05) is 4.68 Å². The van der Waals surface area contributed by atoms with E-state index < -0.39 is 0 Å². The van der Waals surface area contributed by atoms with Crippen LogP contribution in [0.2, 0.25) is 0 Å². The molecule has 4 nitrogen and oxygen atoms in total. The SMILES string of the molecule is CC(C)(C)n1ncc2c(N)ccnc21. The Bertz CT molecular complexity index is 464. The molecule has 74 valence electrons. The molecule has 0 bridgehead atoms. The fourth-order valence-electron chi connectivity index (χ4n) is 1.44. The predicted octanol–water partition coefficient (Wildman–Crippen LogP) is 1.77. The summed E-state index contributed by atoms with van der Waals surface area (Å²) in [7, 11) is 0. The molecule has 2 aromatic rings. The minimum atomic E-state index is -0.0669. The van der Waals surface area contributed by atoms with Gasteiger partial charge in [-0.2, -0.15) is 5.10 Å². The lowest BCUT2D eigenvalue weighted by Gasteiger charge is -2.19. The van der Waals surface area contributed by atoms with Crippen molar-refractivity contribution in [3.8, 4) is 0 Å². The zero-order valence-electron chi connectivity index (χ0n) is 8.65. The van der Waals surface area contributed by atoms with Crippen molar-refractivity contribution in [2.45, 2.75) is 26.3 Å². The Morgan fingerprint density at radius 2 is 2.07 bits per heavy atom. The fraction of sp³-hybridized carbons (Fsp3) is 0.400. The van der Waals surface area contributed by atoms with Gasteiger partial charge in [-0.25, -0.2) is 9.67 Å². The van der Waals surface area contributed by atoms with E-state index in [0.717, 1.165) is 16.7 Å². The topological polar surface area (TPSA) is 56.7 Å². The molecule has 4 heteroatoms. The molecule has 0 amide bonds. The Morgan fingerprint density at radius 1 is 1.36 bits per heavy atom. The molecule has 0 saturated carbocycles. The summed E-state index contributed by atoms with van der Waals surface area (Å²) < 4.78 is 1.89. The quantitative estimate of drug-likeness (QED) is 0.688. The Hall–Kier alpha value is -1.58. The number of nitrogen functional groups attached to an aromatic ring is 1. The molecule has 0 unspecified atom stereocenters. The summed E-state index contributed by atoms with van der Waals surface area (Å²) in [6.07, 6.45) is 3.48. The minimum absolute atomic E-state index is 0.0669. The van der Waals surface area contributed by atoms with Crippen molar-refractivity contribution < 1.29 is 0 Å². The molecule has 0 spiro atoms. The van der Waals surface area contributed by atoms with Crippen LogP contribution in [0.3, 0.4) is 0 Å². The number of fused-ring (bicyclic) bond motifs is 1. The maximum atomic E-state index is 5.82. The van der Waals surface area contributed by atoms with E-state index in [0.29, 0.717) is 0 Å². The lowest BCUT2D eigenvalue weighted by atomic mass is 10.1. The largest absolute Gasteiger partial charge is 0.398 e. The summed E-state index contributed by atoms with van der Waals surface area (Å²) in [4.78, 5) is 4.29. The van der Waals surface area contributed by atoms with Crippen LogP contribution in [0.5, 0.6) is 0 Å². The van der Waals surface area contributed by atoms with E-state index in [1.54, 1.807) is 18.5 Å². The molecule has 2 heterocycles. The summed E-state index contributed by atoms with van der Waals surface area (Å²) in [5.74, 6) is 0. The number of pyridine rings is 1. The highest BCUT2D eigenvalue weighted by Gasteiger charge is 2.18. The summed E-state index contributed by atoms with van der Waals surface area (Å²) in [5, 5.41) is 5.22. The first-order valence-corrected chi connectivity index (χ1v) is 4.59. The molecule has 0 saturated heterocycles. The second kappa shape index (κ2) is 2.70. The van der Waals surface area contributed by atoms with Gasteiger partial charge in [-0.3, -0.25) is 0 Å². The van der Waals surface area contributed by atoms with Crippen LogP contribution in [0.25, 0.3) is 11.0 Å². The molecule has 2 N–H and O–H groups in total. The third-order valence-corrected chi connectivity index (χ3v) is 2.14. The van der Waals surface area contributed by atoms with Crippen LogP contribution in [0.4, 0.5) is 5.69 Å². The molecule has 0 radical (unpaired) electrons. The van der Waals surface area contributed by atoms with Gasteiger partial charge < -0.3 is 5.73 Å². The average Bonchev–Trinajstić information content (AvgIpc) is 2.47. The summed E-state index contributed by atoms with van der Waals surface area (Å²) >= 11 is 0. The second-order valence-corrected chi connectivity index (χ2v) is 4.36. The van der Waals surface area contributed by atoms with Crippen LogP contribution >= 0.6 is 0 Å². The van der Waals surface area contributed by atoms with Gasteiger partial charge in [0.2, 0.25) is 0 Å². The minimum Gasteiger partial charge on any atom is -0.398 e. The average molecular weight is 190 g/mol. The summed E-state index contributed by atoms with van der Waals surface area (Å²) in [6.45, 7) is 6.26. The first kappa shape index (κ1) is 8.99. The first-order chi connectivity index (χ1) is 6.50. The molecule has 0 aliphatic carbocycles. The Morgan fingerprint density at radius 3 is 2.71 bits per heavy atom. The van der Waals surface area contributed by atoms with Gasteiger partial charge >= 0.3 is 0 Å². The lowest BCUT2D eigenvalue weighted by Crippen LogP contribution is -2.23. The molecule has 14 heavy (non-hydrogen) atoms. The molecular weight excluding hydrogens is 176 g/mol. The normalized spacial score (nSPS) is 12.2. The van der Waals surface area contributed by atoms with Crippen LogP contribution in [-0.4, -0.2) is 14.8 Å². The maximum absolute atomic E-state index is 5.82. The second-order valence-electron chi connectivity index (χ2n) is 4.36. The maximum Gasteiger partial charge on any atom is 0.160 e. The Labute approximate surface area is 82.7 Å². The smallest absolute Gasteiger partial charge is 0.160 e. The molecule has 2 aromatic heterocycles. The number of hydrogen-bond acceptors (Lipinski definition) is 3. The summed E-state index contributed by atoms with van der Waals surface area (Å²) in [6, 6.07) is 1.79. The van der Waals surface area contributed by atoms with Crippen molar-refractivity contribution in [1.82, 2.24) is 14.8 Å². The first-order valence-electron chi connectivity index (χ1n) is 4.59. The van der Waals surface area contributed by atoms with Crippen LogP contribution in [-0.2, 0) is 5.54 Å². The van der Waals surface area contributed by atoms with E-state index in [1.165, 1.54) is 0 Å². The number of hydrogen-bond donors (Lipinski definition) is 1. The van der Waals surface area contributed by atoms with Crippen LogP contribution in [0, 0.1) is 0 Å². The monoisotopic (exact) mass is 190 g/mol. The molecule has 0 aliphatic rings. The van der Waals surface area contributed by atoms with Crippen molar-refractivity contribution in [2.75, 3.05) is 5.73 Å². The third-order valence-electron chi connectivity index (χ3n) is 2.14. The van der Waals surface area contributed by atoms with Gasteiger partial charge in [0.1, 0.15) is 0 Å². The molecule has 0 atom stereocenters.